The minimum Gasteiger partial charge on any atom is -0.521 e. The first-order valence-electron chi connectivity index (χ1n) is 2.82. The van der Waals surface area contributed by atoms with Crippen LogP contribution in [0.4, 0.5) is 0 Å². The molecule has 1 aromatic rings. The first-order valence-corrected chi connectivity index (χ1v) is 2.82. The van der Waals surface area contributed by atoms with Crippen molar-refractivity contribution in [3.63, 3.8) is 0 Å². The summed E-state index contributed by atoms with van der Waals surface area (Å²) in [4.78, 5) is 0. The van der Waals surface area contributed by atoms with E-state index in [0.717, 1.165) is 0 Å². The second-order valence-electron chi connectivity index (χ2n) is 1.15. The molecular weight excluding hydrogens is 176 g/mol. The van der Waals surface area contributed by atoms with Crippen LogP contribution >= 0.6 is 0 Å². The fourth-order valence-electron chi connectivity index (χ4n) is 0.385. The summed E-state index contributed by atoms with van der Waals surface area (Å²) in [6.07, 6.45) is 0. The van der Waals surface area contributed by atoms with Gasteiger partial charge in [0.1, 0.15) is 0 Å². The maximum absolute atomic E-state index is 4.25. The summed E-state index contributed by atoms with van der Waals surface area (Å²) in [6, 6.07) is 12.0. The molecule has 0 fully saturated rings. The van der Waals surface area contributed by atoms with E-state index in [1.807, 2.05) is 36.4 Å². The predicted molar refractivity (Wildman–Crippen MR) is 46.3 cm³/mol. The molecule has 0 saturated carbocycles. The van der Waals surface area contributed by atoms with Crippen molar-refractivity contribution in [3.8, 4) is 0 Å². The minimum atomic E-state index is 0. The largest absolute Gasteiger partial charge is 2.00 e. The molecule has 0 aromatic heterocycles. The molecule has 0 aliphatic carbocycles. The van der Waals surface area contributed by atoms with Crippen LogP contribution in [-0.2, 0) is 17.1 Å². The van der Waals surface area contributed by atoms with Gasteiger partial charge in [0.05, 0.1) is 0 Å². The van der Waals surface area contributed by atoms with Gasteiger partial charge in [-0.05, 0) is 0 Å². The monoisotopic (exact) mass is 188 g/mol. The van der Waals surface area contributed by atoms with Crippen molar-refractivity contribution in [3.05, 3.63) is 62.7 Å². The van der Waals surface area contributed by atoms with Gasteiger partial charge in [-0.3, -0.25) is 13.2 Å². The molecule has 0 radical (unpaired) electrons. The third-order valence-corrected chi connectivity index (χ3v) is 0.667. The van der Waals surface area contributed by atoms with Crippen LogP contribution in [0, 0.1) is 13.2 Å². The normalized spacial score (nSPS) is 5.09. The molecule has 11 heavy (non-hydrogen) atoms. The molecule has 0 bridgehead atoms. The molecule has 0 saturated heterocycles. The number of rotatable bonds is 0. The Morgan fingerprint density at radius 2 is 0.636 bits per heavy atom. The van der Waals surface area contributed by atoms with E-state index in [2.05, 4.69) is 26.3 Å². The SMILES string of the molecule is [CH-]=C.[CH-]=C.[Fe+2].c1ccccc1. The molecule has 0 aliphatic heterocycles. The molecule has 0 N–H and O–H groups in total. The summed E-state index contributed by atoms with van der Waals surface area (Å²) in [5, 5.41) is 0. The molecule has 0 unspecified atom stereocenters. The van der Waals surface area contributed by atoms with E-state index in [9.17, 15) is 0 Å². The molecular formula is C10H12Fe. The van der Waals surface area contributed by atoms with Gasteiger partial charge in [-0.2, -0.15) is 0 Å². The van der Waals surface area contributed by atoms with Crippen LogP contribution in [0.15, 0.2) is 49.6 Å². The molecule has 0 amide bonds. The fraction of sp³-hybridized carbons (Fsp3) is 0. The Balaban J connectivity index is -0.000000114. The molecule has 1 aromatic carbocycles. The van der Waals surface area contributed by atoms with Crippen LogP contribution in [-0.4, -0.2) is 0 Å². The Morgan fingerprint density at radius 3 is 0.727 bits per heavy atom. The van der Waals surface area contributed by atoms with Crippen molar-refractivity contribution in [2.75, 3.05) is 0 Å². The van der Waals surface area contributed by atoms with Gasteiger partial charge in [0.15, 0.2) is 0 Å². The van der Waals surface area contributed by atoms with Gasteiger partial charge in [-0.25, -0.2) is 0 Å². The Hall–Kier alpha value is -0.781. The van der Waals surface area contributed by atoms with Crippen molar-refractivity contribution in [2.24, 2.45) is 0 Å². The Kier molecular flexibility index (Phi) is 34.6. The van der Waals surface area contributed by atoms with E-state index < -0.39 is 0 Å². The van der Waals surface area contributed by atoms with Gasteiger partial charge in [-0.15, -0.1) is 0 Å². The van der Waals surface area contributed by atoms with E-state index in [0.29, 0.717) is 0 Å². The molecule has 60 valence electrons. The molecule has 0 nitrogen and oxygen atoms in total. The van der Waals surface area contributed by atoms with Crippen molar-refractivity contribution < 1.29 is 17.1 Å². The quantitative estimate of drug-likeness (QED) is 0.433. The van der Waals surface area contributed by atoms with Crippen LogP contribution in [0.1, 0.15) is 0 Å². The van der Waals surface area contributed by atoms with Crippen LogP contribution in [0.2, 0.25) is 0 Å². The average Bonchev–Trinajstić information content (AvgIpc) is 2.14. The van der Waals surface area contributed by atoms with Crippen molar-refractivity contribution in [1.29, 1.82) is 0 Å². The maximum Gasteiger partial charge on any atom is 2.00 e. The first-order chi connectivity index (χ1) is 5.00. The van der Waals surface area contributed by atoms with E-state index >= 15 is 0 Å². The average molecular weight is 188 g/mol. The summed E-state index contributed by atoms with van der Waals surface area (Å²) >= 11 is 0. The van der Waals surface area contributed by atoms with E-state index in [4.69, 9.17) is 0 Å². The third-order valence-electron chi connectivity index (χ3n) is 0.667. The first kappa shape index (κ1) is 16.7. The number of hydrogen-bond donors (Lipinski definition) is 0. The van der Waals surface area contributed by atoms with Crippen LogP contribution in [0.25, 0.3) is 0 Å². The topological polar surface area (TPSA) is 0 Å². The summed E-state index contributed by atoms with van der Waals surface area (Å²) in [7, 11) is 0. The van der Waals surface area contributed by atoms with Crippen molar-refractivity contribution in [1.82, 2.24) is 0 Å². The number of hydrogen-bond acceptors (Lipinski definition) is 0. The van der Waals surface area contributed by atoms with Crippen LogP contribution < -0.4 is 0 Å². The number of benzene rings is 1. The van der Waals surface area contributed by atoms with Crippen LogP contribution in [0.5, 0.6) is 0 Å². The van der Waals surface area contributed by atoms with E-state index in [1.54, 1.807) is 0 Å². The summed E-state index contributed by atoms with van der Waals surface area (Å²) in [6.45, 7) is 14.0. The molecule has 0 atom stereocenters. The summed E-state index contributed by atoms with van der Waals surface area (Å²) in [5.41, 5.74) is 0. The maximum atomic E-state index is 4.25. The summed E-state index contributed by atoms with van der Waals surface area (Å²) < 4.78 is 0. The molecule has 0 heterocycles. The Morgan fingerprint density at radius 1 is 0.545 bits per heavy atom. The Labute approximate surface area is 80.1 Å². The van der Waals surface area contributed by atoms with Gasteiger partial charge in [0, 0.05) is 0 Å². The van der Waals surface area contributed by atoms with Gasteiger partial charge in [0.2, 0.25) is 0 Å². The zero-order valence-electron chi connectivity index (χ0n) is 6.39. The predicted octanol–water partition coefficient (Wildman–Crippen LogP) is 2.89. The second kappa shape index (κ2) is 22.9. The molecule has 0 spiro atoms. The zero-order chi connectivity index (χ0) is 8.24. The van der Waals surface area contributed by atoms with Crippen molar-refractivity contribution >= 4 is 0 Å². The van der Waals surface area contributed by atoms with Crippen molar-refractivity contribution in [2.45, 2.75) is 0 Å². The molecule has 0 aliphatic rings. The van der Waals surface area contributed by atoms with Gasteiger partial charge < -0.3 is 13.2 Å². The van der Waals surface area contributed by atoms with Crippen LogP contribution in [0.3, 0.4) is 0 Å². The molecule has 1 heteroatoms. The van der Waals surface area contributed by atoms with E-state index in [-0.39, 0.29) is 17.1 Å². The van der Waals surface area contributed by atoms with E-state index in [1.165, 1.54) is 0 Å². The van der Waals surface area contributed by atoms with Gasteiger partial charge in [-0.1, -0.05) is 36.4 Å². The van der Waals surface area contributed by atoms with Gasteiger partial charge >= 0.3 is 17.1 Å². The zero-order valence-corrected chi connectivity index (χ0v) is 7.49. The molecule has 1 rings (SSSR count). The second-order valence-corrected chi connectivity index (χ2v) is 1.15. The third kappa shape index (κ3) is 17.6. The Bertz CT molecular complexity index is 96.8. The summed E-state index contributed by atoms with van der Waals surface area (Å²) in [5.74, 6) is 0. The minimum absolute atomic E-state index is 0. The smallest absolute Gasteiger partial charge is 0.521 e. The van der Waals surface area contributed by atoms with Gasteiger partial charge in [0.25, 0.3) is 0 Å². The fourth-order valence-corrected chi connectivity index (χ4v) is 0.385. The standard InChI is InChI=1S/C6H6.2C2H3.Fe/c1-2-4-6-5-3-1;2*1-2;/h1-6H;2*1H,2H2;/q;2*-1;+2.